The number of nitrogens with zero attached hydrogens (tertiary/aromatic N) is 2. The number of fused-ring (bicyclic) bond motifs is 6. The SMILES string of the molecule is C1=CC([Si](c2ccccc2)(c2cccc(-c3cccc(-c4ccc(-n5c6ccccc6c6cc(-c7ccc8c(c7)c7ccccc7n8-c7ccccc7)ccc65)cc4)c3)c2)C2C=CCCC2)CCC1. The quantitative estimate of drug-likeness (QED) is 0.101. The highest BCUT2D eigenvalue weighted by atomic mass is 28.3. The fraction of sp³-hybridized carbons (Fsp3) is 0.121. The molecule has 0 fully saturated rings. The Morgan fingerprint density at radius 2 is 0.754 bits per heavy atom. The third kappa shape index (κ3) is 7.06. The van der Waals surface area contributed by atoms with Crippen LogP contribution in [0, 0.1) is 0 Å². The highest BCUT2D eigenvalue weighted by Crippen LogP contribution is 2.45. The van der Waals surface area contributed by atoms with Crippen LogP contribution in [-0.2, 0) is 0 Å². The topological polar surface area (TPSA) is 9.86 Å². The molecule has 2 heterocycles. The van der Waals surface area contributed by atoms with Crippen molar-refractivity contribution in [2.45, 2.75) is 49.6 Å². The van der Waals surface area contributed by atoms with Gasteiger partial charge < -0.3 is 9.13 Å². The summed E-state index contributed by atoms with van der Waals surface area (Å²) >= 11 is 0. The summed E-state index contributed by atoms with van der Waals surface area (Å²) in [6.45, 7) is 0. The van der Waals surface area contributed by atoms with Crippen LogP contribution >= 0.6 is 0 Å². The van der Waals surface area contributed by atoms with Gasteiger partial charge in [0, 0.05) is 32.9 Å². The summed E-state index contributed by atoms with van der Waals surface area (Å²) in [4.78, 5) is 0. The Morgan fingerprint density at radius 3 is 1.32 bits per heavy atom. The first-order valence-electron chi connectivity index (χ1n) is 25.1. The van der Waals surface area contributed by atoms with E-state index in [2.05, 4.69) is 252 Å². The summed E-state index contributed by atoms with van der Waals surface area (Å²) < 4.78 is 4.82. The molecular weight excluding hydrogens is 849 g/mol. The molecule has 0 amide bonds. The van der Waals surface area contributed by atoms with Crippen LogP contribution in [0.2, 0.25) is 11.1 Å². The second-order valence-corrected chi connectivity index (χ2v) is 23.8. The first-order chi connectivity index (χ1) is 34.2. The van der Waals surface area contributed by atoms with Gasteiger partial charge in [0.1, 0.15) is 8.07 Å². The van der Waals surface area contributed by atoms with E-state index < -0.39 is 8.07 Å². The fourth-order valence-electron chi connectivity index (χ4n) is 12.5. The average molecular weight is 903 g/mol. The molecule has 0 bridgehead atoms. The van der Waals surface area contributed by atoms with Gasteiger partial charge in [-0.3, -0.25) is 0 Å². The molecule has 2 aromatic heterocycles. The molecule has 0 saturated carbocycles. The number of para-hydroxylation sites is 3. The van der Waals surface area contributed by atoms with E-state index in [1.807, 2.05) is 0 Å². The zero-order chi connectivity index (χ0) is 45.7. The summed E-state index contributed by atoms with van der Waals surface area (Å²) in [5, 5.41) is 8.19. The number of rotatable bonds is 9. The normalized spacial score (nSPS) is 16.9. The first-order valence-corrected chi connectivity index (χ1v) is 27.2. The zero-order valence-corrected chi connectivity index (χ0v) is 39.9. The molecule has 2 aliphatic carbocycles. The van der Waals surface area contributed by atoms with Gasteiger partial charge in [-0.25, -0.2) is 0 Å². The van der Waals surface area contributed by atoms with Crippen molar-refractivity contribution in [1.29, 1.82) is 0 Å². The van der Waals surface area contributed by atoms with E-state index in [1.54, 1.807) is 10.4 Å². The Hall–Kier alpha value is -7.72. The minimum Gasteiger partial charge on any atom is -0.309 e. The second kappa shape index (κ2) is 17.4. The van der Waals surface area contributed by atoms with E-state index in [0.29, 0.717) is 11.1 Å². The summed E-state index contributed by atoms with van der Waals surface area (Å²) in [5.41, 5.74) is 15.8. The largest absolute Gasteiger partial charge is 0.309 e. The molecule has 69 heavy (non-hydrogen) atoms. The molecule has 3 heteroatoms. The Labute approximate surface area is 406 Å². The van der Waals surface area contributed by atoms with Crippen LogP contribution in [0.1, 0.15) is 38.5 Å². The molecule has 0 radical (unpaired) electrons. The van der Waals surface area contributed by atoms with E-state index in [1.165, 1.54) is 121 Å². The molecule has 11 aromatic rings. The van der Waals surface area contributed by atoms with Crippen molar-refractivity contribution in [3.63, 3.8) is 0 Å². The fourth-order valence-corrected chi connectivity index (χ4v) is 18.8. The standard InChI is InChI=1S/C66H54N2Si/c1-5-22-53(23-6-1)67-63-33-15-13-31-59(63)61-45-51(37-41-65(61)67)52-38-42-66-62(46-52)60-32-14-16-34-64(60)68(66)54-39-35-47(36-40-54)48-19-17-20-49(43-48)50-21-18-30-58(44-50)69(55-24-7-2-8-25-55,56-26-9-3-10-27-56)57-28-11-4-12-29-57/h1-2,5-9,11,13-26,28,30-46,56-57H,3-4,10,12,27,29H2. The summed E-state index contributed by atoms with van der Waals surface area (Å²) in [7, 11) is -2.29. The molecule has 13 rings (SSSR count). The first kappa shape index (κ1) is 41.5. The van der Waals surface area contributed by atoms with Crippen molar-refractivity contribution < 1.29 is 0 Å². The van der Waals surface area contributed by atoms with Gasteiger partial charge in [-0.15, -0.1) is 0 Å². The maximum absolute atomic E-state index is 2.62. The minimum atomic E-state index is -2.29. The number of benzene rings is 9. The Kier molecular flexibility index (Phi) is 10.5. The van der Waals surface area contributed by atoms with Crippen LogP contribution in [0.5, 0.6) is 0 Å². The van der Waals surface area contributed by atoms with Crippen molar-refractivity contribution in [2.75, 3.05) is 0 Å². The Balaban J connectivity index is 0.850. The highest BCUT2D eigenvalue weighted by molar-refractivity contribution is 7.05. The van der Waals surface area contributed by atoms with Gasteiger partial charge in [-0.1, -0.05) is 186 Å². The van der Waals surface area contributed by atoms with Gasteiger partial charge in [0.05, 0.1) is 22.1 Å². The van der Waals surface area contributed by atoms with Crippen molar-refractivity contribution >= 4 is 62.1 Å². The third-order valence-electron chi connectivity index (χ3n) is 15.6. The van der Waals surface area contributed by atoms with Crippen molar-refractivity contribution in [2.24, 2.45) is 0 Å². The van der Waals surface area contributed by atoms with Gasteiger partial charge in [0.2, 0.25) is 0 Å². The van der Waals surface area contributed by atoms with E-state index in [-0.39, 0.29) is 0 Å². The van der Waals surface area contributed by atoms with Gasteiger partial charge in [0.25, 0.3) is 0 Å². The third-order valence-corrected chi connectivity index (χ3v) is 21.5. The lowest BCUT2D eigenvalue weighted by Crippen LogP contribution is -2.64. The number of hydrogen-bond acceptors (Lipinski definition) is 0. The molecule has 2 nitrogen and oxygen atoms in total. The predicted octanol–water partition coefficient (Wildman–Crippen LogP) is 16.7. The molecule has 0 saturated heterocycles. The minimum absolute atomic E-state index is 0.577. The maximum atomic E-state index is 2.62. The monoisotopic (exact) mass is 902 g/mol. The highest BCUT2D eigenvalue weighted by Gasteiger charge is 2.49. The van der Waals surface area contributed by atoms with E-state index >= 15 is 0 Å². The zero-order valence-electron chi connectivity index (χ0n) is 38.9. The van der Waals surface area contributed by atoms with E-state index in [4.69, 9.17) is 0 Å². The van der Waals surface area contributed by atoms with Crippen LogP contribution in [-0.4, -0.2) is 17.2 Å². The van der Waals surface area contributed by atoms with Crippen molar-refractivity contribution in [3.05, 3.63) is 243 Å². The van der Waals surface area contributed by atoms with Crippen LogP contribution in [0.25, 0.3) is 88.4 Å². The number of aromatic nitrogens is 2. The average Bonchev–Trinajstić information content (AvgIpc) is 3.95. The molecule has 9 aromatic carbocycles. The molecule has 0 N–H and O–H groups in total. The van der Waals surface area contributed by atoms with Crippen molar-refractivity contribution in [3.8, 4) is 44.8 Å². The summed E-state index contributed by atoms with van der Waals surface area (Å²) in [5.74, 6) is 0. The Bertz CT molecular complexity index is 3720. The van der Waals surface area contributed by atoms with E-state index in [9.17, 15) is 0 Å². The molecule has 332 valence electrons. The van der Waals surface area contributed by atoms with Gasteiger partial charge >= 0.3 is 0 Å². The van der Waals surface area contributed by atoms with Crippen LogP contribution < -0.4 is 10.4 Å². The van der Waals surface area contributed by atoms with Gasteiger partial charge in [0.15, 0.2) is 0 Å². The lowest BCUT2D eigenvalue weighted by molar-refractivity contribution is 0.676. The molecule has 2 aliphatic rings. The van der Waals surface area contributed by atoms with Crippen LogP contribution in [0.4, 0.5) is 0 Å². The Morgan fingerprint density at radius 1 is 0.319 bits per heavy atom. The molecular formula is C66H54N2Si. The molecule has 0 aliphatic heterocycles. The van der Waals surface area contributed by atoms with Gasteiger partial charge in [-0.05, 0) is 150 Å². The lowest BCUT2D eigenvalue weighted by Gasteiger charge is -2.46. The molecule has 0 spiro atoms. The van der Waals surface area contributed by atoms with Crippen molar-refractivity contribution in [1.82, 2.24) is 9.13 Å². The number of allylic oxidation sites excluding steroid dienone is 4. The summed E-state index contributed by atoms with van der Waals surface area (Å²) in [6, 6.07) is 82.1. The van der Waals surface area contributed by atoms with E-state index in [0.717, 1.165) is 5.69 Å². The number of hydrogen-bond donors (Lipinski definition) is 0. The van der Waals surface area contributed by atoms with Gasteiger partial charge in [-0.2, -0.15) is 0 Å². The molecule has 2 atom stereocenters. The molecule has 2 unspecified atom stereocenters. The maximum Gasteiger partial charge on any atom is 0.131 e. The second-order valence-electron chi connectivity index (χ2n) is 19.4. The predicted molar refractivity (Wildman–Crippen MR) is 296 cm³/mol. The smallest absolute Gasteiger partial charge is 0.131 e. The lowest BCUT2D eigenvalue weighted by atomic mass is 9.99. The van der Waals surface area contributed by atoms with Crippen LogP contribution in [0.15, 0.2) is 243 Å². The van der Waals surface area contributed by atoms with Crippen LogP contribution in [0.3, 0.4) is 0 Å². The summed E-state index contributed by atoms with van der Waals surface area (Å²) in [6.07, 6.45) is 17.7.